The van der Waals surface area contributed by atoms with E-state index in [0.717, 1.165) is 11.1 Å². The number of allylic oxidation sites excluding steroid dienone is 1. The summed E-state index contributed by atoms with van der Waals surface area (Å²) in [5.41, 5.74) is 2.22. The van der Waals surface area contributed by atoms with E-state index in [0.29, 0.717) is 19.4 Å². The zero-order valence-corrected chi connectivity index (χ0v) is 15.2. The van der Waals surface area contributed by atoms with Crippen LogP contribution in [0, 0.1) is 5.92 Å². The minimum atomic E-state index is -0.537. The highest BCUT2D eigenvalue weighted by Gasteiger charge is 2.31. The second-order valence-corrected chi connectivity index (χ2v) is 6.85. The molecule has 3 atom stereocenters. The normalized spacial score (nSPS) is 18.6. The Morgan fingerprint density at radius 1 is 1.35 bits per heavy atom. The van der Waals surface area contributed by atoms with Crippen molar-refractivity contribution in [3.05, 3.63) is 48.0 Å². The van der Waals surface area contributed by atoms with Crippen molar-refractivity contribution < 1.29 is 19.8 Å². The molecule has 2 rings (SSSR count). The summed E-state index contributed by atoms with van der Waals surface area (Å²) in [7, 11) is 0. The Kier molecular flexibility index (Phi) is 7.36. The van der Waals surface area contributed by atoms with E-state index in [-0.39, 0.29) is 43.5 Å². The summed E-state index contributed by atoms with van der Waals surface area (Å²) in [5, 5.41) is 21.5. The third-order valence-corrected chi connectivity index (χ3v) is 4.79. The van der Waals surface area contributed by atoms with Crippen LogP contribution in [-0.4, -0.2) is 52.2 Å². The Hall–Kier alpha value is -2.18. The number of carbonyl (C=O) groups is 2. The van der Waals surface area contributed by atoms with Gasteiger partial charge in [0.05, 0.1) is 25.2 Å². The molecule has 142 valence electrons. The van der Waals surface area contributed by atoms with Gasteiger partial charge in [-0.25, -0.2) is 0 Å². The molecule has 0 fully saturated rings. The predicted octanol–water partition coefficient (Wildman–Crippen LogP) is 1.01. The first-order valence-electron chi connectivity index (χ1n) is 8.99. The molecule has 0 unspecified atom stereocenters. The largest absolute Gasteiger partial charge is 0.394 e. The molecule has 1 aliphatic rings. The summed E-state index contributed by atoms with van der Waals surface area (Å²) in [5.74, 6) is -0.958. The van der Waals surface area contributed by atoms with E-state index in [9.17, 15) is 14.7 Å². The third kappa shape index (κ3) is 4.93. The monoisotopic (exact) mass is 360 g/mol. The molecule has 1 aliphatic heterocycles. The second-order valence-electron chi connectivity index (χ2n) is 6.85. The highest BCUT2D eigenvalue weighted by atomic mass is 16.3. The summed E-state index contributed by atoms with van der Waals surface area (Å²) in [4.78, 5) is 26.9. The summed E-state index contributed by atoms with van der Waals surface area (Å²) in [6.07, 6.45) is 2.66. The van der Waals surface area contributed by atoms with Gasteiger partial charge in [-0.2, -0.15) is 0 Å². The molecule has 2 amide bonds. The van der Waals surface area contributed by atoms with Gasteiger partial charge in [0.15, 0.2) is 0 Å². The lowest BCUT2D eigenvalue weighted by molar-refractivity contribution is -0.140. The number of hydrogen-bond acceptors (Lipinski definition) is 4. The molecule has 1 aromatic rings. The van der Waals surface area contributed by atoms with Crippen LogP contribution in [0.5, 0.6) is 0 Å². The lowest BCUT2D eigenvalue weighted by atomic mass is 9.92. The summed E-state index contributed by atoms with van der Waals surface area (Å²) in [6, 6.07) is 7.25. The maximum Gasteiger partial charge on any atom is 0.224 e. The van der Waals surface area contributed by atoms with Gasteiger partial charge in [-0.1, -0.05) is 30.3 Å². The Morgan fingerprint density at radius 3 is 2.65 bits per heavy atom. The fourth-order valence-corrected chi connectivity index (χ4v) is 3.26. The zero-order chi connectivity index (χ0) is 19.1. The summed E-state index contributed by atoms with van der Waals surface area (Å²) in [6.45, 7) is 5.54. The standard InChI is InChI=1S/C20H28N2O4/c1-3-6-16(20(26)21-14(2)12-23)10-19(25)22-11-17-8-5-4-7-15(17)9-18(22)13-24/h3-5,7-8,14,16,18,23-24H,1,6,9-13H2,2H3,(H,21,26)/t14-,16+,18-/m0/s1. The Labute approximate surface area is 154 Å². The first kappa shape index (κ1) is 20.1. The Morgan fingerprint density at radius 2 is 2.04 bits per heavy atom. The van der Waals surface area contributed by atoms with Crippen LogP contribution in [0.2, 0.25) is 0 Å². The number of aliphatic hydroxyl groups is 2. The van der Waals surface area contributed by atoms with E-state index in [4.69, 9.17) is 5.11 Å². The van der Waals surface area contributed by atoms with E-state index < -0.39 is 5.92 Å². The molecule has 0 radical (unpaired) electrons. The number of rotatable bonds is 8. The first-order chi connectivity index (χ1) is 12.5. The van der Waals surface area contributed by atoms with Gasteiger partial charge in [-0.15, -0.1) is 6.58 Å². The molecule has 0 aliphatic carbocycles. The number of benzene rings is 1. The molecular weight excluding hydrogens is 332 g/mol. The molecule has 0 saturated carbocycles. The second kappa shape index (κ2) is 9.50. The van der Waals surface area contributed by atoms with Gasteiger partial charge in [0.2, 0.25) is 11.8 Å². The zero-order valence-electron chi connectivity index (χ0n) is 15.2. The van der Waals surface area contributed by atoms with Gasteiger partial charge in [-0.3, -0.25) is 9.59 Å². The number of aliphatic hydroxyl groups excluding tert-OH is 2. The van der Waals surface area contributed by atoms with E-state index in [1.807, 2.05) is 24.3 Å². The molecule has 0 bridgehead atoms. The number of nitrogens with zero attached hydrogens (tertiary/aromatic N) is 1. The van der Waals surface area contributed by atoms with E-state index in [2.05, 4.69) is 11.9 Å². The van der Waals surface area contributed by atoms with Crippen LogP contribution in [-0.2, 0) is 22.6 Å². The molecule has 0 aromatic heterocycles. The highest BCUT2D eigenvalue weighted by molar-refractivity contribution is 5.86. The Balaban J connectivity index is 2.10. The maximum atomic E-state index is 12.9. The van der Waals surface area contributed by atoms with Gasteiger partial charge >= 0.3 is 0 Å². The lowest BCUT2D eigenvalue weighted by Crippen LogP contribution is -2.48. The minimum Gasteiger partial charge on any atom is -0.394 e. The van der Waals surface area contributed by atoms with Crippen molar-refractivity contribution in [3.8, 4) is 0 Å². The number of amides is 2. The molecule has 26 heavy (non-hydrogen) atoms. The van der Waals surface area contributed by atoms with Gasteiger partial charge in [0.1, 0.15) is 0 Å². The Bertz CT molecular complexity index is 646. The molecule has 3 N–H and O–H groups in total. The van der Waals surface area contributed by atoms with Crippen LogP contribution in [0.1, 0.15) is 30.9 Å². The van der Waals surface area contributed by atoms with E-state index in [1.165, 1.54) is 0 Å². The van der Waals surface area contributed by atoms with Crippen LogP contribution < -0.4 is 5.32 Å². The average molecular weight is 360 g/mol. The number of hydrogen-bond donors (Lipinski definition) is 3. The molecule has 6 nitrogen and oxygen atoms in total. The molecule has 0 saturated heterocycles. The third-order valence-electron chi connectivity index (χ3n) is 4.79. The fourth-order valence-electron chi connectivity index (χ4n) is 3.26. The maximum absolute atomic E-state index is 12.9. The lowest BCUT2D eigenvalue weighted by Gasteiger charge is -2.36. The summed E-state index contributed by atoms with van der Waals surface area (Å²) < 4.78 is 0. The van der Waals surface area contributed by atoms with Crippen molar-refractivity contribution in [2.75, 3.05) is 13.2 Å². The van der Waals surface area contributed by atoms with Gasteiger partial charge in [0.25, 0.3) is 0 Å². The van der Waals surface area contributed by atoms with Crippen LogP contribution in [0.3, 0.4) is 0 Å². The van der Waals surface area contributed by atoms with Crippen molar-refractivity contribution in [1.82, 2.24) is 10.2 Å². The topological polar surface area (TPSA) is 89.9 Å². The van der Waals surface area contributed by atoms with Crippen LogP contribution >= 0.6 is 0 Å². The number of nitrogens with one attached hydrogen (secondary N) is 1. The van der Waals surface area contributed by atoms with Crippen LogP contribution in [0.15, 0.2) is 36.9 Å². The predicted molar refractivity (Wildman–Crippen MR) is 99.2 cm³/mol. The average Bonchev–Trinajstić information content (AvgIpc) is 2.66. The molecule has 1 aromatic carbocycles. The minimum absolute atomic E-state index is 0.0503. The number of carbonyl (C=O) groups excluding carboxylic acids is 2. The van der Waals surface area contributed by atoms with Crippen molar-refractivity contribution >= 4 is 11.8 Å². The smallest absolute Gasteiger partial charge is 0.224 e. The van der Waals surface area contributed by atoms with Crippen molar-refractivity contribution in [2.24, 2.45) is 5.92 Å². The number of fused-ring (bicyclic) bond motifs is 1. The van der Waals surface area contributed by atoms with Gasteiger partial charge in [-0.05, 0) is 30.9 Å². The SMILES string of the molecule is C=CC[C@H](CC(=O)N1Cc2ccccc2C[C@H]1CO)C(=O)N[C@@H](C)CO. The van der Waals surface area contributed by atoms with Gasteiger partial charge in [0, 0.05) is 19.0 Å². The van der Waals surface area contributed by atoms with Crippen molar-refractivity contribution in [1.29, 1.82) is 0 Å². The molecule has 0 spiro atoms. The molecular formula is C20H28N2O4. The van der Waals surface area contributed by atoms with E-state index >= 15 is 0 Å². The quantitative estimate of drug-likeness (QED) is 0.604. The highest BCUT2D eigenvalue weighted by Crippen LogP contribution is 2.25. The summed E-state index contributed by atoms with van der Waals surface area (Å²) >= 11 is 0. The van der Waals surface area contributed by atoms with Crippen molar-refractivity contribution in [2.45, 2.75) is 44.8 Å². The van der Waals surface area contributed by atoms with Crippen LogP contribution in [0.25, 0.3) is 0 Å². The first-order valence-corrected chi connectivity index (χ1v) is 8.99. The van der Waals surface area contributed by atoms with Crippen molar-refractivity contribution in [3.63, 3.8) is 0 Å². The molecule has 6 heteroatoms. The fraction of sp³-hybridized carbons (Fsp3) is 0.500. The van der Waals surface area contributed by atoms with Crippen LogP contribution in [0.4, 0.5) is 0 Å². The van der Waals surface area contributed by atoms with Gasteiger partial charge < -0.3 is 20.4 Å². The molecule has 1 heterocycles. The van der Waals surface area contributed by atoms with E-state index in [1.54, 1.807) is 17.9 Å².